The fourth-order valence-corrected chi connectivity index (χ4v) is 1.96. The summed E-state index contributed by atoms with van der Waals surface area (Å²) in [6.07, 6.45) is 0. The number of hydrogen-bond acceptors (Lipinski definition) is 2. The fraction of sp³-hybridized carbons (Fsp3) is 0.278. The molecular weight excluding hydrogens is 293 g/mol. The van der Waals surface area contributed by atoms with Crippen molar-refractivity contribution in [2.24, 2.45) is 4.99 Å². The number of rotatable bonds is 7. The van der Waals surface area contributed by atoms with Gasteiger partial charge in [-0.25, -0.2) is 9.38 Å². The third-order valence-electron chi connectivity index (χ3n) is 3.08. The highest BCUT2D eigenvalue weighted by Gasteiger charge is 1.98. The van der Waals surface area contributed by atoms with Gasteiger partial charge in [0.15, 0.2) is 5.96 Å². The second-order valence-electron chi connectivity index (χ2n) is 4.91. The number of ether oxygens (including phenoxy) is 1. The lowest BCUT2D eigenvalue weighted by Crippen LogP contribution is -2.39. The maximum absolute atomic E-state index is 12.9. The van der Waals surface area contributed by atoms with Crippen LogP contribution in [0, 0.1) is 5.82 Å². The molecular formula is C18H22FN3O. The first-order valence-corrected chi connectivity index (χ1v) is 7.72. The molecule has 2 rings (SSSR count). The Balaban J connectivity index is 1.78. The van der Waals surface area contributed by atoms with Gasteiger partial charge in [-0.2, -0.15) is 0 Å². The first-order valence-electron chi connectivity index (χ1n) is 7.72. The predicted octanol–water partition coefficient (Wildman–Crippen LogP) is 2.96. The smallest absolute Gasteiger partial charge is 0.191 e. The Bertz CT molecular complexity index is 599. The van der Waals surface area contributed by atoms with Crippen LogP contribution in [-0.4, -0.2) is 25.7 Å². The molecule has 2 aromatic carbocycles. The van der Waals surface area contributed by atoms with Crippen LogP contribution in [0.1, 0.15) is 12.5 Å². The fourth-order valence-electron chi connectivity index (χ4n) is 1.96. The molecule has 0 fully saturated rings. The normalized spacial score (nSPS) is 11.1. The van der Waals surface area contributed by atoms with Crippen LogP contribution in [0.25, 0.3) is 0 Å². The largest absolute Gasteiger partial charge is 0.492 e. The average Bonchev–Trinajstić information content (AvgIpc) is 2.59. The van der Waals surface area contributed by atoms with Gasteiger partial charge in [-0.3, -0.25) is 0 Å². The van der Waals surface area contributed by atoms with E-state index in [1.54, 1.807) is 12.1 Å². The third-order valence-corrected chi connectivity index (χ3v) is 3.08. The number of para-hydroxylation sites is 1. The van der Waals surface area contributed by atoms with Gasteiger partial charge in [0.25, 0.3) is 0 Å². The van der Waals surface area contributed by atoms with E-state index in [0.717, 1.165) is 17.9 Å². The van der Waals surface area contributed by atoms with E-state index >= 15 is 0 Å². The van der Waals surface area contributed by atoms with E-state index in [1.807, 2.05) is 37.3 Å². The minimum atomic E-state index is -0.235. The predicted molar refractivity (Wildman–Crippen MR) is 91.2 cm³/mol. The van der Waals surface area contributed by atoms with Gasteiger partial charge < -0.3 is 15.4 Å². The first kappa shape index (κ1) is 16.8. The van der Waals surface area contributed by atoms with Crippen LogP contribution in [0.4, 0.5) is 4.39 Å². The molecule has 0 saturated carbocycles. The average molecular weight is 315 g/mol. The monoisotopic (exact) mass is 315 g/mol. The molecule has 0 spiro atoms. The van der Waals surface area contributed by atoms with Crippen LogP contribution in [0.2, 0.25) is 0 Å². The summed E-state index contributed by atoms with van der Waals surface area (Å²) in [6, 6.07) is 16.0. The van der Waals surface area contributed by atoms with E-state index in [9.17, 15) is 4.39 Å². The van der Waals surface area contributed by atoms with Crippen molar-refractivity contribution in [3.63, 3.8) is 0 Å². The Hall–Kier alpha value is -2.56. The molecule has 5 heteroatoms. The van der Waals surface area contributed by atoms with Gasteiger partial charge in [-0.1, -0.05) is 30.3 Å². The number of nitrogens with one attached hydrogen (secondary N) is 2. The van der Waals surface area contributed by atoms with Gasteiger partial charge in [-0.15, -0.1) is 0 Å². The molecule has 0 saturated heterocycles. The molecule has 0 aromatic heterocycles. The molecule has 0 aliphatic heterocycles. The molecule has 0 radical (unpaired) electrons. The minimum Gasteiger partial charge on any atom is -0.492 e. The Morgan fingerprint density at radius 1 is 1.04 bits per heavy atom. The standard InChI is InChI=1S/C18H22FN3O/c1-2-20-18(22-14-15-8-10-16(19)11-9-15)21-12-13-23-17-6-4-3-5-7-17/h3-11H,2,12-14H2,1H3,(H2,20,21,22). The molecule has 4 nitrogen and oxygen atoms in total. The minimum absolute atomic E-state index is 0.235. The number of hydrogen-bond donors (Lipinski definition) is 2. The highest BCUT2D eigenvalue weighted by molar-refractivity contribution is 5.79. The summed E-state index contributed by atoms with van der Waals surface area (Å²) in [4.78, 5) is 4.47. The van der Waals surface area contributed by atoms with Crippen molar-refractivity contribution in [1.29, 1.82) is 0 Å². The molecule has 2 N–H and O–H groups in total. The van der Waals surface area contributed by atoms with E-state index in [4.69, 9.17) is 4.74 Å². The Morgan fingerprint density at radius 2 is 1.78 bits per heavy atom. The maximum Gasteiger partial charge on any atom is 0.191 e. The summed E-state index contributed by atoms with van der Waals surface area (Å²) in [7, 11) is 0. The lowest BCUT2D eigenvalue weighted by molar-refractivity contribution is 0.322. The van der Waals surface area contributed by atoms with E-state index in [1.165, 1.54) is 12.1 Å². The number of aliphatic imine (C=N–C) groups is 1. The van der Waals surface area contributed by atoms with Crippen molar-refractivity contribution in [2.75, 3.05) is 19.7 Å². The first-order chi connectivity index (χ1) is 11.3. The zero-order valence-electron chi connectivity index (χ0n) is 13.3. The van der Waals surface area contributed by atoms with Gasteiger partial charge in [0.05, 0.1) is 13.1 Å². The van der Waals surface area contributed by atoms with Crippen molar-refractivity contribution in [3.8, 4) is 5.75 Å². The Kier molecular flexibility index (Phi) is 6.91. The zero-order chi connectivity index (χ0) is 16.3. The number of benzene rings is 2. The van der Waals surface area contributed by atoms with Crippen LogP contribution in [0.15, 0.2) is 59.6 Å². The molecule has 2 aromatic rings. The zero-order valence-corrected chi connectivity index (χ0v) is 13.3. The lowest BCUT2D eigenvalue weighted by atomic mass is 10.2. The lowest BCUT2D eigenvalue weighted by Gasteiger charge is -2.12. The quantitative estimate of drug-likeness (QED) is 0.469. The molecule has 122 valence electrons. The van der Waals surface area contributed by atoms with Gasteiger partial charge in [0.2, 0.25) is 0 Å². The van der Waals surface area contributed by atoms with Crippen LogP contribution in [-0.2, 0) is 6.54 Å². The van der Waals surface area contributed by atoms with Crippen molar-refractivity contribution < 1.29 is 9.13 Å². The summed E-state index contributed by atoms with van der Waals surface area (Å²) in [5, 5.41) is 6.38. The number of guanidine groups is 1. The SMILES string of the molecule is CCNC(=NCc1ccc(F)cc1)NCCOc1ccccc1. The molecule has 0 aliphatic rings. The number of halogens is 1. The second-order valence-corrected chi connectivity index (χ2v) is 4.91. The van der Waals surface area contributed by atoms with Crippen LogP contribution < -0.4 is 15.4 Å². The molecule has 0 unspecified atom stereocenters. The molecule has 0 atom stereocenters. The van der Waals surface area contributed by atoms with E-state index < -0.39 is 0 Å². The topological polar surface area (TPSA) is 45.7 Å². The summed E-state index contributed by atoms with van der Waals surface area (Å²) in [6.45, 7) is 4.47. The van der Waals surface area contributed by atoms with Gasteiger partial charge >= 0.3 is 0 Å². The van der Waals surface area contributed by atoms with Crippen LogP contribution >= 0.6 is 0 Å². The van der Waals surface area contributed by atoms with E-state index in [-0.39, 0.29) is 5.82 Å². The highest BCUT2D eigenvalue weighted by Crippen LogP contribution is 2.07. The van der Waals surface area contributed by atoms with Crippen LogP contribution in [0.5, 0.6) is 5.75 Å². The summed E-state index contributed by atoms with van der Waals surface area (Å²) < 4.78 is 18.5. The highest BCUT2D eigenvalue weighted by atomic mass is 19.1. The van der Waals surface area contributed by atoms with Crippen molar-refractivity contribution in [3.05, 3.63) is 66.0 Å². The molecule has 0 bridgehead atoms. The molecule has 0 amide bonds. The summed E-state index contributed by atoms with van der Waals surface area (Å²) >= 11 is 0. The molecule has 23 heavy (non-hydrogen) atoms. The van der Waals surface area contributed by atoms with E-state index in [2.05, 4.69) is 15.6 Å². The Morgan fingerprint density at radius 3 is 2.48 bits per heavy atom. The second kappa shape index (κ2) is 9.46. The van der Waals surface area contributed by atoms with Gasteiger partial charge in [0.1, 0.15) is 18.2 Å². The van der Waals surface area contributed by atoms with Gasteiger partial charge in [0, 0.05) is 6.54 Å². The number of nitrogens with zero attached hydrogens (tertiary/aromatic N) is 1. The summed E-state index contributed by atoms with van der Waals surface area (Å²) in [5.74, 6) is 1.33. The van der Waals surface area contributed by atoms with Crippen LogP contribution in [0.3, 0.4) is 0 Å². The molecule has 0 heterocycles. The Labute approximate surface area is 136 Å². The maximum atomic E-state index is 12.9. The summed E-state index contributed by atoms with van der Waals surface area (Å²) in [5.41, 5.74) is 0.962. The third kappa shape index (κ3) is 6.38. The van der Waals surface area contributed by atoms with E-state index in [0.29, 0.717) is 25.7 Å². The van der Waals surface area contributed by atoms with Crippen molar-refractivity contribution >= 4 is 5.96 Å². The van der Waals surface area contributed by atoms with Gasteiger partial charge in [-0.05, 0) is 36.8 Å². The molecule has 0 aliphatic carbocycles. The van der Waals surface area contributed by atoms with Crippen molar-refractivity contribution in [1.82, 2.24) is 10.6 Å². The van der Waals surface area contributed by atoms with Crippen molar-refractivity contribution in [2.45, 2.75) is 13.5 Å².